The van der Waals surface area contributed by atoms with Gasteiger partial charge >= 0.3 is 5.97 Å². The van der Waals surface area contributed by atoms with E-state index in [1.807, 2.05) is 19.9 Å². The van der Waals surface area contributed by atoms with E-state index in [9.17, 15) is 4.79 Å². The normalized spacial score (nSPS) is 12.2. The molecule has 0 aromatic heterocycles. The minimum Gasteiger partial charge on any atom is -0.495 e. The van der Waals surface area contributed by atoms with Gasteiger partial charge in [0.1, 0.15) is 5.75 Å². The zero-order valence-electron chi connectivity index (χ0n) is 9.58. The SMILES string of the molecule is COc1ccc(C)c(C(C)CC(=O)O)c1Cl. The van der Waals surface area contributed by atoms with Crippen LogP contribution in [0.5, 0.6) is 5.75 Å². The van der Waals surface area contributed by atoms with Gasteiger partial charge in [0.25, 0.3) is 0 Å². The third-order valence-electron chi connectivity index (χ3n) is 2.56. The Bertz CT molecular complexity index is 401. The van der Waals surface area contributed by atoms with Crippen LogP contribution in [0.3, 0.4) is 0 Å². The molecule has 1 aromatic rings. The number of ether oxygens (including phenoxy) is 1. The van der Waals surface area contributed by atoms with E-state index < -0.39 is 5.97 Å². The Morgan fingerprint density at radius 1 is 1.56 bits per heavy atom. The fourth-order valence-corrected chi connectivity index (χ4v) is 2.27. The third kappa shape index (κ3) is 2.67. The van der Waals surface area contributed by atoms with Gasteiger partial charge < -0.3 is 9.84 Å². The summed E-state index contributed by atoms with van der Waals surface area (Å²) in [5.74, 6) is -0.370. The Kier molecular flexibility index (Phi) is 4.19. The molecule has 0 saturated carbocycles. The van der Waals surface area contributed by atoms with E-state index in [0.29, 0.717) is 10.8 Å². The first-order chi connectivity index (χ1) is 7.47. The summed E-state index contributed by atoms with van der Waals surface area (Å²) in [7, 11) is 1.54. The monoisotopic (exact) mass is 242 g/mol. The van der Waals surface area contributed by atoms with Crippen molar-refractivity contribution in [2.45, 2.75) is 26.2 Å². The Morgan fingerprint density at radius 2 is 2.19 bits per heavy atom. The second-order valence-electron chi connectivity index (χ2n) is 3.81. The average Bonchev–Trinajstić information content (AvgIpc) is 2.16. The molecule has 0 heterocycles. The van der Waals surface area contributed by atoms with Crippen molar-refractivity contribution in [3.8, 4) is 5.75 Å². The Balaban J connectivity index is 3.15. The molecule has 0 spiro atoms. The van der Waals surface area contributed by atoms with Crippen LogP contribution in [0, 0.1) is 6.92 Å². The number of carbonyl (C=O) groups is 1. The van der Waals surface area contributed by atoms with E-state index in [1.54, 1.807) is 13.2 Å². The van der Waals surface area contributed by atoms with E-state index >= 15 is 0 Å². The molecule has 1 N–H and O–H groups in total. The van der Waals surface area contributed by atoms with Crippen molar-refractivity contribution >= 4 is 17.6 Å². The van der Waals surface area contributed by atoms with Gasteiger partial charge in [0.15, 0.2) is 0 Å². The van der Waals surface area contributed by atoms with E-state index in [0.717, 1.165) is 11.1 Å². The molecule has 0 aliphatic heterocycles. The van der Waals surface area contributed by atoms with Crippen LogP contribution < -0.4 is 4.74 Å². The molecule has 16 heavy (non-hydrogen) atoms. The number of benzene rings is 1. The quantitative estimate of drug-likeness (QED) is 0.882. The second-order valence-corrected chi connectivity index (χ2v) is 4.19. The summed E-state index contributed by atoms with van der Waals surface area (Å²) in [5.41, 5.74) is 1.84. The Labute approximate surface area is 100.0 Å². The van der Waals surface area contributed by atoms with Crippen LogP contribution in [-0.2, 0) is 4.79 Å². The maximum absolute atomic E-state index is 10.7. The first-order valence-electron chi connectivity index (χ1n) is 5.02. The number of carboxylic acids is 1. The minimum atomic E-state index is -0.828. The van der Waals surface area contributed by atoms with Gasteiger partial charge in [0.05, 0.1) is 18.6 Å². The summed E-state index contributed by atoms with van der Waals surface area (Å²) < 4.78 is 5.12. The lowest BCUT2D eigenvalue weighted by atomic mass is 9.93. The highest BCUT2D eigenvalue weighted by Gasteiger charge is 2.18. The van der Waals surface area contributed by atoms with Crippen molar-refractivity contribution < 1.29 is 14.6 Å². The van der Waals surface area contributed by atoms with E-state index in [2.05, 4.69) is 0 Å². The Hall–Kier alpha value is -1.22. The van der Waals surface area contributed by atoms with Crippen molar-refractivity contribution in [3.63, 3.8) is 0 Å². The predicted octanol–water partition coefficient (Wildman–Crippen LogP) is 3.24. The second kappa shape index (κ2) is 5.21. The Morgan fingerprint density at radius 3 is 2.69 bits per heavy atom. The maximum Gasteiger partial charge on any atom is 0.303 e. The fraction of sp³-hybridized carbons (Fsp3) is 0.417. The third-order valence-corrected chi connectivity index (χ3v) is 2.95. The molecule has 0 saturated heterocycles. The van der Waals surface area contributed by atoms with Gasteiger partial charge in [0.2, 0.25) is 0 Å². The van der Waals surface area contributed by atoms with Crippen molar-refractivity contribution in [1.29, 1.82) is 0 Å². The van der Waals surface area contributed by atoms with Crippen molar-refractivity contribution in [3.05, 3.63) is 28.3 Å². The number of methoxy groups -OCH3 is 1. The molecule has 0 aliphatic rings. The zero-order valence-corrected chi connectivity index (χ0v) is 10.3. The molecule has 1 rings (SSSR count). The molecule has 1 atom stereocenters. The number of halogens is 1. The molecule has 0 radical (unpaired) electrons. The first kappa shape index (κ1) is 12.8. The molecule has 0 aliphatic carbocycles. The summed E-state index contributed by atoms with van der Waals surface area (Å²) in [6.07, 6.45) is 0.0632. The lowest BCUT2D eigenvalue weighted by Crippen LogP contribution is -2.05. The van der Waals surface area contributed by atoms with Gasteiger partial charge in [0, 0.05) is 0 Å². The molecule has 0 fully saturated rings. The van der Waals surface area contributed by atoms with Crippen LogP contribution in [0.1, 0.15) is 30.4 Å². The summed E-state index contributed by atoms with van der Waals surface area (Å²) in [6.45, 7) is 3.76. The largest absolute Gasteiger partial charge is 0.495 e. The lowest BCUT2D eigenvalue weighted by Gasteiger charge is -2.16. The van der Waals surface area contributed by atoms with Crippen LogP contribution in [0.2, 0.25) is 5.02 Å². The van der Waals surface area contributed by atoms with Crippen LogP contribution in [-0.4, -0.2) is 18.2 Å². The highest BCUT2D eigenvalue weighted by atomic mass is 35.5. The lowest BCUT2D eigenvalue weighted by molar-refractivity contribution is -0.137. The molecule has 3 nitrogen and oxygen atoms in total. The number of hydrogen-bond donors (Lipinski definition) is 1. The average molecular weight is 243 g/mol. The summed E-state index contributed by atoms with van der Waals surface area (Å²) in [4.78, 5) is 10.7. The van der Waals surface area contributed by atoms with E-state index in [-0.39, 0.29) is 12.3 Å². The smallest absolute Gasteiger partial charge is 0.303 e. The van der Waals surface area contributed by atoms with Gasteiger partial charge in [-0.2, -0.15) is 0 Å². The molecule has 1 aromatic carbocycles. The number of aryl methyl sites for hydroxylation is 1. The summed E-state index contributed by atoms with van der Waals surface area (Å²) in [5, 5.41) is 9.29. The van der Waals surface area contributed by atoms with Gasteiger partial charge in [-0.15, -0.1) is 0 Å². The number of aliphatic carboxylic acids is 1. The molecule has 4 heteroatoms. The molecule has 88 valence electrons. The molecular formula is C12H15ClO3. The summed E-state index contributed by atoms with van der Waals surface area (Å²) >= 11 is 6.17. The fourth-order valence-electron chi connectivity index (χ4n) is 1.80. The van der Waals surface area contributed by atoms with Gasteiger partial charge in [-0.25, -0.2) is 0 Å². The number of rotatable bonds is 4. The highest BCUT2D eigenvalue weighted by molar-refractivity contribution is 6.33. The predicted molar refractivity (Wildman–Crippen MR) is 63.4 cm³/mol. The minimum absolute atomic E-state index is 0.0632. The van der Waals surface area contributed by atoms with Crippen molar-refractivity contribution in [2.24, 2.45) is 0 Å². The number of carboxylic acid groups (broad SMARTS) is 1. The topological polar surface area (TPSA) is 46.5 Å². The van der Waals surface area contributed by atoms with Gasteiger partial charge in [-0.3, -0.25) is 4.79 Å². The van der Waals surface area contributed by atoms with E-state index in [1.165, 1.54) is 0 Å². The zero-order chi connectivity index (χ0) is 12.3. The highest BCUT2D eigenvalue weighted by Crippen LogP contribution is 2.36. The first-order valence-corrected chi connectivity index (χ1v) is 5.40. The van der Waals surface area contributed by atoms with Gasteiger partial charge in [-0.05, 0) is 30.0 Å². The van der Waals surface area contributed by atoms with Crippen molar-refractivity contribution in [1.82, 2.24) is 0 Å². The number of hydrogen-bond acceptors (Lipinski definition) is 2. The van der Waals surface area contributed by atoms with Crippen LogP contribution in [0.25, 0.3) is 0 Å². The molecule has 0 bridgehead atoms. The van der Waals surface area contributed by atoms with Gasteiger partial charge in [-0.1, -0.05) is 24.6 Å². The van der Waals surface area contributed by atoms with Crippen LogP contribution in [0.4, 0.5) is 0 Å². The van der Waals surface area contributed by atoms with E-state index in [4.69, 9.17) is 21.4 Å². The van der Waals surface area contributed by atoms with Crippen LogP contribution >= 0.6 is 11.6 Å². The molecule has 0 amide bonds. The standard InChI is InChI=1S/C12H15ClO3/c1-7-4-5-9(16-3)12(13)11(7)8(2)6-10(14)15/h4-5,8H,6H2,1-3H3,(H,14,15). The molecular weight excluding hydrogens is 228 g/mol. The molecule has 1 unspecified atom stereocenters. The van der Waals surface area contributed by atoms with Crippen molar-refractivity contribution in [2.75, 3.05) is 7.11 Å². The summed E-state index contributed by atoms with van der Waals surface area (Å²) in [6, 6.07) is 3.67. The maximum atomic E-state index is 10.7. The van der Waals surface area contributed by atoms with Crippen LogP contribution in [0.15, 0.2) is 12.1 Å².